The van der Waals surface area contributed by atoms with Gasteiger partial charge in [-0.1, -0.05) is 25.6 Å². The molecule has 1 N–H and O–H groups in total. The number of ether oxygens (including phenoxy) is 3. The van der Waals surface area contributed by atoms with Gasteiger partial charge in [-0.05, 0) is 13.2 Å². The highest BCUT2D eigenvalue weighted by atomic mass is 32.2. The molecular weight excluding hydrogens is 372 g/mol. The molecule has 0 saturated heterocycles. The number of likely N-dealkylation sites (N-methyl/N-ethyl adjacent to an activating group) is 1. The van der Waals surface area contributed by atoms with E-state index in [1.165, 1.54) is 4.90 Å². The maximum atomic E-state index is 12.0. The Bertz CT molecular complexity index is 448. The molecule has 158 valence electrons. The van der Waals surface area contributed by atoms with E-state index in [1.807, 2.05) is 13.8 Å². The zero-order valence-corrected chi connectivity index (χ0v) is 17.9. The van der Waals surface area contributed by atoms with E-state index in [-0.39, 0.29) is 29.3 Å². The molecule has 0 aromatic carbocycles. The van der Waals surface area contributed by atoms with Crippen molar-refractivity contribution < 1.29 is 28.6 Å². The van der Waals surface area contributed by atoms with Gasteiger partial charge in [0.05, 0.1) is 52.1 Å². The molecule has 0 radical (unpaired) electrons. The van der Waals surface area contributed by atoms with Gasteiger partial charge in [-0.2, -0.15) is 0 Å². The lowest BCUT2D eigenvalue weighted by Crippen LogP contribution is -2.39. The first-order valence-electron chi connectivity index (χ1n) is 9.15. The van der Waals surface area contributed by atoms with Crippen LogP contribution in [0.5, 0.6) is 0 Å². The van der Waals surface area contributed by atoms with Crippen molar-refractivity contribution in [1.82, 2.24) is 10.2 Å². The van der Waals surface area contributed by atoms with Crippen LogP contribution in [0.1, 0.15) is 27.2 Å². The summed E-state index contributed by atoms with van der Waals surface area (Å²) in [4.78, 5) is 36.3. The second-order valence-electron chi connectivity index (χ2n) is 6.24. The second kappa shape index (κ2) is 15.9. The summed E-state index contributed by atoms with van der Waals surface area (Å²) >= 11 is 1.12. The smallest absolute Gasteiger partial charge is 0.225 e. The lowest BCUT2D eigenvalue weighted by molar-refractivity contribution is -0.136. The fourth-order valence-electron chi connectivity index (χ4n) is 1.87. The number of rotatable bonds is 15. The van der Waals surface area contributed by atoms with Crippen molar-refractivity contribution in [3.8, 4) is 0 Å². The van der Waals surface area contributed by atoms with Crippen molar-refractivity contribution in [1.29, 1.82) is 0 Å². The third kappa shape index (κ3) is 12.8. The van der Waals surface area contributed by atoms with Gasteiger partial charge in [0, 0.05) is 19.5 Å². The molecule has 0 aliphatic carbocycles. The number of nitrogens with one attached hydrogen (secondary N) is 1. The molecule has 0 fully saturated rings. The van der Waals surface area contributed by atoms with E-state index in [2.05, 4.69) is 5.32 Å². The molecule has 8 nitrogen and oxygen atoms in total. The summed E-state index contributed by atoms with van der Waals surface area (Å²) in [6.45, 7) is 8.32. The van der Waals surface area contributed by atoms with Crippen LogP contribution < -0.4 is 5.32 Å². The highest BCUT2D eigenvalue weighted by Crippen LogP contribution is 2.07. The minimum Gasteiger partial charge on any atom is -0.379 e. The largest absolute Gasteiger partial charge is 0.379 e. The number of carbonyl (C=O) groups is 3. The van der Waals surface area contributed by atoms with Crippen molar-refractivity contribution in [2.75, 3.05) is 59.5 Å². The molecule has 2 amide bonds. The molecule has 1 atom stereocenters. The zero-order valence-electron chi connectivity index (χ0n) is 17.1. The van der Waals surface area contributed by atoms with Crippen LogP contribution in [0.15, 0.2) is 0 Å². The van der Waals surface area contributed by atoms with Crippen LogP contribution in [-0.2, 0) is 28.6 Å². The van der Waals surface area contributed by atoms with Crippen LogP contribution in [0.4, 0.5) is 0 Å². The Morgan fingerprint density at radius 1 is 0.926 bits per heavy atom. The van der Waals surface area contributed by atoms with Crippen LogP contribution in [0.3, 0.4) is 0 Å². The number of thioether (sulfide) groups is 1. The minimum absolute atomic E-state index is 0.0157. The molecule has 0 unspecified atom stereocenters. The predicted octanol–water partition coefficient (Wildman–Crippen LogP) is 0.935. The molecule has 27 heavy (non-hydrogen) atoms. The third-order valence-electron chi connectivity index (χ3n) is 3.79. The van der Waals surface area contributed by atoms with E-state index in [0.29, 0.717) is 46.2 Å². The first kappa shape index (κ1) is 25.8. The molecule has 0 aromatic rings. The standard InChI is InChI=1S/C18H34N2O6S/c1-14(2)17(22)19-7-9-25-11-13-26-12-10-24-8-6-16(21)20(4)15(3)18(23)27-5/h14-15H,6-13H2,1-5H3,(H,19,22)/t15-/m1/s1. The number of amides is 2. The molecule has 0 heterocycles. The Labute approximate surface area is 166 Å². The maximum absolute atomic E-state index is 12.0. The summed E-state index contributed by atoms with van der Waals surface area (Å²) in [6.07, 6.45) is 1.93. The quantitative estimate of drug-likeness (QED) is 0.404. The molecule has 0 aliphatic rings. The molecule has 0 aliphatic heterocycles. The lowest BCUT2D eigenvalue weighted by atomic mass is 10.2. The lowest BCUT2D eigenvalue weighted by Gasteiger charge is -2.23. The van der Waals surface area contributed by atoms with E-state index in [1.54, 1.807) is 20.2 Å². The molecule has 0 rings (SSSR count). The van der Waals surface area contributed by atoms with E-state index < -0.39 is 6.04 Å². The Balaban J connectivity index is 3.48. The normalized spacial score (nSPS) is 12.1. The first-order valence-corrected chi connectivity index (χ1v) is 10.4. The molecule has 0 aromatic heterocycles. The number of hydrogen-bond acceptors (Lipinski definition) is 7. The Hall–Kier alpha value is -1.16. The van der Waals surface area contributed by atoms with Gasteiger partial charge in [0.15, 0.2) is 0 Å². The summed E-state index contributed by atoms with van der Waals surface area (Å²) < 4.78 is 16.1. The number of carbonyl (C=O) groups excluding carboxylic acids is 3. The van der Waals surface area contributed by atoms with E-state index in [9.17, 15) is 14.4 Å². The second-order valence-corrected chi connectivity index (χ2v) is 7.05. The van der Waals surface area contributed by atoms with Gasteiger partial charge in [-0.15, -0.1) is 0 Å². The van der Waals surface area contributed by atoms with Crippen LogP contribution in [0.2, 0.25) is 0 Å². The SMILES string of the molecule is CSC(=O)[C@@H](C)N(C)C(=O)CCOCCOCCOCCNC(=O)C(C)C. The van der Waals surface area contributed by atoms with Gasteiger partial charge >= 0.3 is 0 Å². The molecular formula is C18H34N2O6S. The van der Waals surface area contributed by atoms with Crippen molar-refractivity contribution in [2.24, 2.45) is 5.92 Å². The summed E-state index contributed by atoms with van der Waals surface area (Å²) in [5.41, 5.74) is 0. The maximum Gasteiger partial charge on any atom is 0.225 e. The Morgan fingerprint density at radius 3 is 1.96 bits per heavy atom. The highest BCUT2D eigenvalue weighted by Gasteiger charge is 2.21. The highest BCUT2D eigenvalue weighted by molar-refractivity contribution is 8.13. The van der Waals surface area contributed by atoms with Gasteiger partial charge in [0.2, 0.25) is 16.9 Å². The zero-order chi connectivity index (χ0) is 20.7. The van der Waals surface area contributed by atoms with Gasteiger partial charge < -0.3 is 24.4 Å². The predicted molar refractivity (Wildman–Crippen MR) is 106 cm³/mol. The molecule has 0 spiro atoms. The van der Waals surface area contributed by atoms with E-state index in [4.69, 9.17) is 14.2 Å². The summed E-state index contributed by atoms with van der Waals surface area (Å²) in [6, 6.07) is -0.436. The molecule has 9 heteroatoms. The first-order chi connectivity index (χ1) is 12.8. The van der Waals surface area contributed by atoms with Crippen molar-refractivity contribution >= 4 is 28.7 Å². The Kier molecular flexibility index (Phi) is 15.2. The van der Waals surface area contributed by atoms with Crippen molar-refractivity contribution in [3.05, 3.63) is 0 Å². The minimum atomic E-state index is -0.436. The van der Waals surface area contributed by atoms with Gasteiger partial charge in [0.1, 0.15) is 0 Å². The molecule has 0 bridgehead atoms. The van der Waals surface area contributed by atoms with Crippen LogP contribution in [0, 0.1) is 5.92 Å². The van der Waals surface area contributed by atoms with Gasteiger partial charge in [-0.25, -0.2) is 0 Å². The van der Waals surface area contributed by atoms with Crippen LogP contribution in [-0.4, -0.2) is 87.4 Å². The summed E-state index contributed by atoms with van der Waals surface area (Å²) in [5.74, 6) is -0.129. The third-order valence-corrected chi connectivity index (χ3v) is 4.53. The number of nitrogens with zero attached hydrogens (tertiary/aromatic N) is 1. The average Bonchev–Trinajstić information content (AvgIpc) is 2.66. The van der Waals surface area contributed by atoms with E-state index >= 15 is 0 Å². The summed E-state index contributed by atoms with van der Waals surface area (Å²) in [5, 5.41) is 2.73. The monoisotopic (exact) mass is 406 g/mol. The Morgan fingerprint density at radius 2 is 1.44 bits per heavy atom. The van der Waals surface area contributed by atoms with Crippen LogP contribution in [0.25, 0.3) is 0 Å². The van der Waals surface area contributed by atoms with Crippen molar-refractivity contribution in [2.45, 2.75) is 33.2 Å². The van der Waals surface area contributed by atoms with Gasteiger partial charge in [0.25, 0.3) is 0 Å². The molecule has 0 saturated carbocycles. The fourth-order valence-corrected chi connectivity index (χ4v) is 2.37. The number of hydrogen-bond donors (Lipinski definition) is 1. The van der Waals surface area contributed by atoms with Gasteiger partial charge in [-0.3, -0.25) is 14.4 Å². The van der Waals surface area contributed by atoms with E-state index in [0.717, 1.165) is 11.8 Å². The summed E-state index contributed by atoms with van der Waals surface area (Å²) in [7, 11) is 1.62. The topological polar surface area (TPSA) is 94.2 Å². The van der Waals surface area contributed by atoms with Crippen molar-refractivity contribution in [3.63, 3.8) is 0 Å². The van der Waals surface area contributed by atoms with Crippen LogP contribution >= 0.6 is 11.8 Å². The fraction of sp³-hybridized carbons (Fsp3) is 0.833. The average molecular weight is 407 g/mol.